The molecule has 0 aliphatic rings. The average Bonchev–Trinajstić information content (AvgIpc) is 2.37. The Morgan fingerprint density at radius 1 is 1.11 bits per heavy atom. The predicted molar refractivity (Wildman–Crippen MR) is 74.1 cm³/mol. The highest BCUT2D eigenvalue weighted by molar-refractivity contribution is 5.66. The van der Waals surface area contributed by atoms with Crippen molar-refractivity contribution in [1.82, 2.24) is 0 Å². The summed E-state index contributed by atoms with van der Waals surface area (Å²) in [6.07, 6.45) is 0.675. The molecule has 0 heterocycles. The number of nitrogens with two attached hydrogens (primary N) is 1. The number of anilines is 2. The Morgan fingerprint density at radius 3 is 2.58 bits per heavy atom. The zero-order valence-corrected chi connectivity index (χ0v) is 10.7. The van der Waals surface area contributed by atoms with E-state index < -0.39 is 0 Å². The molecule has 2 nitrogen and oxygen atoms in total. The van der Waals surface area contributed by atoms with Crippen LogP contribution in [-0.2, 0) is 6.42 Å². The van der Waals surface area contributed by atoms with Gasteiger partial charge in [0.25, 0.3) is 0 Å². The van der Waals surface area contributed by atoms with Gasteiger partial charge in [-0.25, -0.2) is 8.78 Å². The molecule has 0 aromatic heterocycles. The fourth-order valence-corrected chi connectivity index (χ4v) is 1.92. The maximum absolute atomic E-state index is 13.5. The first-order valence-electron chi connectivity index (χ1n) is 6.11. The van der Waals surface area contributed by atoms with Gasteiger partial charge in [0.15, 0.2) is 0 Å². The normalized spacial score (nSPS) is 10.5. The van der Waals surface area contributed by atoms with Crippen molar-refractivity contribution < 1.29 is 8.78 Å². The lowest BCUT2D eigenvalue weighted by Crippen LogP contribution is -2.08. The van der Waals surface area contributed by atoms with E-state index in [2.05, 4.69) is 5.32 Å². The van der Waals surface area contributed by atoms with Gasteiger partial charge in [0.2, 0.25) is 0 Å². The van der Waals surface area contributed by atoms with Crippen LogP contribution in [0, 0.1) is 18.6 Å². The molecule has 0 fully saturated rings. The molecule has 3 N–H and O–H groups in total. The minimum Gasteiger partial charge on any atom is -0.397 e. The lowest BCUT2D eigenvalue weighted by molar-refractivity contribution is 0.617. The number of benzene rings is 2. The number of aryl methyl sites for hydroxylation is 1. The molecule has 0 aliphatic heterocycles. The predicted octanol–water partition coefficient (Wildman–Crippen LogP) is 3.51. The van der Waals surface area contributed by atoms with Crippen LogP contribution in [0.3, 0.4) is 0 Å². The minimum absolute atomic E-state index is 0.213. The largest absolute Gasteiger partial charge is 0.397 e. The summed E-state index contributed by atoms with van der Waals surface area (Å²) in [6.45, 7) is 2.26. The van der Waals surface area contributed by atoms with Crippen molar-refractivity contribution in [2.75, 3.05) is 17.6 Å². The van der Waals surface area contributed by atoms with Crippen molar-refractivity contribution in [3.63, 3.8) is 0 Å². The number of rotatable bonds is 4. The number of hydrogen-bond donors (Lipinski definition) is 2. The van der Waals surface area contributed by atoms with Crippen LogP contribution in [0.1, 0.15) is 11.1 Å². The van der Waals surface area contributed by atoms with Gasteiger partial charge in [-0.3, -0.25) is 0 Å². The lowest BCUT2D eigenvalue weighted by atomic mass is 10.1. The molecule has 2 aromatic rings. The Bertz CT molecular complexity index is 562. The monoisotopic (exact) mass is 262 g/mol. The second-order valence-electron chi connectivity index (χ2n) is 4.46. The molecular formula is C15H16F2N2. The summed E-state index contributed by atoms with van der Waals surface area (Å²) in [5.74, 6) is -0.578. The van der Waals surface area contributed by atoms with Crippen LogP contribution in [0.5, 0.6) is 0 Å². The Hall–Kier alpha value is -2.10. The maximum atomic E-state index is 13.5. The molecule has 0 saturated heterocycles. The molecule has 0 radical (unpaired) electrons. The van der Waals surface area contributed by atoms with Crippen LogP contribution < -0.4 is 11.1 Å². The van der Waals surface area contributed by atoms with E-state index in [-0.39, 0.29) is 11.6 Å². The van der Waals surface area contributed by atoms with Gasteiger partial charge in [0.05, 0.1) is 11.4 Å². The summed E-state index contributed by atoms with van der Waals surface area (Å²) in [6, 6.07) is 9.55. The zero-order chi connectivity index (χ0) is 13.8. The Balaban J connectivity index is 1.98. The molecule has 100 valence electrons. The van der Waals surface area contributed by atoms with Crippen LogP contribution in [-0.4, -0.2) is 6.54 Å². The second kappa shape index (κ2) is 5.69. The van der Waals surface area contributed by atoms with Crippen LogP contribution in [0.15, 0.2) is 36.4 Å². The van der Waals surface area contributed by atoms with E-state index in [1.54, 1.807) is 31.2 Å². The molecule has 4 heteroatoms. The van der Waals surface area contributed by atoms with Crippen LogP contribution in [0.2, 0.25) is 0 Å². The molecule has 2 aromatic carbocycles. The van der Waals surface area contributed by atoms with Crippen molar-refractivity contribution >= 4 is 11.4 Å². The first-order chi connectivity index (χ1) is 9.08. The smallest absolute Gasteiger partial charge is 0.148 e. The topological polar surface area (TPSA) is 38.0 Å². The van der Waals surface area contributed by atoms with Gasteiger partial charge in [0, 0.05) is 6.54 Å². The fourth-order valence-electron chi connectivity index (χ4n) is 1.92. The van der Waals surface area contributed by atoms with Gasteiger partial charge in [0.1, 0.15) is 11.6 Å². The van der Waals surface area contributed by atoms with Crippen molar-refractivity contribution in [2.45, 2.75) is 13.3 Å². The van der Waals surface area contributed by atoms with Crippen LogP contribution in [0.4, 0.5) is 20.2 Å². The first kappa shape index (κ1) is 13.3. The van der Waals surface area contributed by atoms with Gasteiger partial charge in [-0.2, -0.15) is 0 Å². The van der Waals surface area contributed by atoms with Gasteiger partial charge < -0.3 is 11.1 Å². The lowest BCUT2D eigenvalue weighted by Gasteiger charge is -2.10. The molecule has 0 bridgehead atoms. The second-order valence-corrected chi connectivity index (χ2v) is 4.46. The van der Waals surface area contributed by atoms with Crippen molar-refractivity contribution in [3.05, 3.63) is 59.2 Å². The summed E-state index contributed by atoms with van der Waals surface area (Å²) in [5, 5.41) is 2.97. The average molecular weight is 262 g/mol. The third kappa shape index (κ3) is 3.22. The molecule has 0 atom stereocenters. The Morgan fingerprint density at radius 2 is 1.89 bits per heavy atom. The minimum atomic E-state index is -0.365. The first-order valence-corrected chi connectivity index (χ1v) is 6.11. The number of nitrogen functional groups attached to an aromatic ring is 1. The summed E-state index contributed by atoms with van der Waals surface area (Å²) < 4.78 is 26.6. The van der Waals surface area contributed by atoms with E-state index >= 15 is 0 Å². The van der Waals surface area contributed by atoms with E-state index in [9.17, 15) is 8.78 Å². The molecule has 0 saturated carbocycles. The van der Waals surface area contributed by atoms with Crippen molar-refractivity contribution in [2.24, 2.45) is 0 Å². The Labute approximate surface area is 111 Å². The number of hydrogen-bond acceptors (Lipinski definition) is 2. The maximum Gasteiger partial charge on any atom is 0.148 e. The summed E-state index contributed by atoms with van der Waals surface area (Å²) in [4.78, 5) is 0. The van der Waals surface area contributed by atoms with E-state index in [4.69, 9.17) is 5.73 Å². The molecule has 2 rings (SSSR count). The molecule has 0 unspecified atom stereocenters. The number of para-hydroxylation sites is 1. The van der Waals surface area contributed by atoms with E-state index in [0.717, 1.165) is 5.56 Å². The summed E-state index contributed by atoms with van der Waals surface area (Å²) >= 11 is 0. The highest BCUT2D eigenvalue weighted by Gasteiger charge is 2.05. The van der Waals surface area contributed by atoms with E-state index in [1.165, 1.54) is 12.1 Å². The van der Waals surface area contributed by atoms with E-state index in [1.807, 2.05) is 0 Å². The van der Waals surface area contributed by atoms with Crippen molar-refractivity contribution in [1.29, 1.82) is 0 Å². The Kier molecular flexibility index (Phi) is 4.00. The fraction of sp³-hybridized carbons (Fsp3) is 0.200. The van der Waals surface area contributed by atoms with E-state index in [0.29, 0.717) is 29.9 Å². The van der Waals surface area contributed by atoms with Gasteiger partial charge >= 0.3 is 0 Å². The highest BCUT2D eigenvalue weighted by atomic mass is 19.1. The SMILES string of the molecule is Cc1cc(CCNc2c(N)cccc2F)ccc1F. The standard InChI is InChI=1S/C15H16F2N2/c1-10-9-11(5-6-12(10)16)7-8-19-15-13(17)3-2-4-14(15)18/h2-6,9,19H,7-8,18H2,1H3. The molecule has 0 spiro atoms. The van der Waals surface area contributed by atoms with Crippen molar-refractivity contribution in [3.8, 4) is 0 Å². The third-order valence-corrected chi connectivity index (χ3v) is 2.98. The number of nitrogens with one attached hydrogen (secondary N) is 1. The van der Waals surface area contributed by atoms with Gasteiger partial charge in [-0.1, -0.05) is 18.2 Å². The number of halogens is 2. The van der Waals surface area contributed by atoms with Gasteiger partial charge in [-0.05, 0) is 42.7 Å². The molecule has 0 amide bonds. The van der Waals surface area contributed by atoms with Crippen LogP contribution in [0.25, 0.3) is 0 Å². The zero-order valence-electron chi connectivity index (χ0n) is 10.7. The third-order valence-electron chi connectivity index (χ3n) is 2.98. The van der Waals surface area contributed by atoms with Gasteiger partial charge in [-0.15, -0.1) is 0 Å². The van der Waals surface area contributed by atoms with Crippen LogP contribution >= 0.6 is 0 Å². The summed E-state index contributed by atoms with van der Waals surface area (Å²) in [7, 11) is 0. The molecule has 19 heavy (non-hydrogen) atoms. The molecule has 0 aliphatic carbocycles. The molecular weight excluding hydrogens is 246 g/mol. The summed E-state index contributed by atoms with van der Waals surface area (Å²) in [5.41, 5.74) is 8.01. The highest BCUT2D eigenvalue weighted by Crippen LogP contribution is 2.21. The quantitative estimate of drug-likeness (QED) is 0.827.